The highest BCUT2D eigenvalue weighted by Crippen LogP contribution is 2.13. The molecule has 0 spiro atoms. The Hall–Kier alpha value is -2.22. The first-order valence-electron chi connectivity index (χ1n) is 7.29. The molecule has 21 heavy (non-hydrogen) atoms. The van der Waals surface area contributed by atoms with Crippen molar-refractivity contribution in [1.29, 1.82) is 0 Å². The van der Waals surface area contributed by atoms with Crippen LogP contribution in [0.25, 0.3) is 0 Å². The van der Waals surface area contributed by atoms with Crippen LogP contribution in [0.3, 0.4) is 0 Å². The van der Waals surface area contributed by atoms with Gasteiger partial charge >= 0.3 is 0 Å². The molecule has 0 heterocycles. The first-order chi connectivity index (χ1) is 10.1. The summed E-state index contributed by atoms with van der Waals surface area (Å²) in [5.74, 6) is 0.392. The second kappa shape index (κ2) is 6.98. The average Bonchev–Trinajstić information content (AvgIpc) is 2.53. The van der Waals surface area contributed by atoms with E-state index in [1.807, 2.05) is 68.4 Å². The van der Waals surface area contributed by atoms with Gasteiger partial charge in [-0.3, -0.25) is 9.59 Å². The fraction of sp³-hybridized carbons (Fsp3) is 0.263. The number of hydrogen-bond acceptors (Lipinski definition) is 2. The van der Waals surface area contributed by atoms with Crippen LogP contribution in [-0.2, 0) is 11.2 Å². The van der Waals surface area contributed by atoms with Gasteiger partial charge in [0.2, 0.25) is 0 Å². The summed E-state index contributed by atoms with van der Waals surface area (Å²) in [6.45, 7) is 3.84. The molecule has 2 aromatic rings. The van der Waals surface area contributed by atoms with Gasteiger partial charge in [0, 0.05) is 23.5 Å². The van der Waals surface area contributed by atoms with Crippen molar-refractivity contribution in [3.05, 3.63) is 71.3 Å². The van der Waals surface area contributed by atoms with Crippen molar-refractivity contribution in [1.82, 2.24) is 0 Å². The monoisotopic (exact) mass is 280 g/mol. The van der Waals surface area contributed by atoms with Gasteiger partial charge in [-0.15, -0.1) is 0 Å². The average molecular weight is 280 g/mol. The Morgan fingerprint density at radius 1 is 0.857 bits per heavy atom. The summed E-state index contributed by atoms with van der Waals surface area (Å²) >= 11 is 0. The normalized spacial score (nSPS) is 10.6. The van der Waals surface area contributed by atoms with Gasteiger partial charge in [0.25, 0.3) is 0 Å². The quantitative estimate of drug-likeness (QED) is 0.747. The second-order valence-corrected chi connectivity index (χ2v) is 5.51. The van der Waals surface area contributed by atoms with E-state index in [-0.39, 0.29) is 17.5 Å². The Morgan fingerprint density at radius 2 is 1.43 bits per heavy atom. The summed E-state index contributed by atoms with van der Waals surface area (Å²) in [7, 11) is 0. The standard InChI is InChI=1S/C19H20O2/c1-14(2)18(20)13-10-15-8-11-17(12-9-15)19(21)16-6-4-3-5-7-16/h3-9,11-12,14H,10,13H2,1-2H3. The second-order valence-electron chi connectivity index (χ2n) is 5.51. The van der Waals surface area contributed by atoms with Gasteiger partial charge in [-0.2, -0.15) is 0 Å². The zero-order valence-electron chi connectivity index (χ0n) is 12.5. The number of carbonyl (C=O) groups is 2. The lowest BCUT2D eigenvalue weighted by Gasteiger charge is -2.05. The Kier molecular flexibility index (Phi) is 5.04. The zero-order valence-corrected chi connectivity index (χ0v) is 12.5. The van der Waals surface area contributed by atoms with Crippen LogP contribution in [0.4, 0.5) is 0 Å². The van der Waals surface area contributed by atoms with Gasteiger partial charge in [0.15, 0.2) is 5.78 Å². The van der Waals surface area contributed by atoms with E-state index in [9.17, 15) is 9.59 Å². The molecule has 0 unspecified atom stereocenters. The number of carbonyl (C=O) groups excluding carboxylic acids is 2. The van der Waals surface area contributed by atoms with Crippen molar-refractivity contribution in [2.75, 3.05) is 0 Å². The highest BCUT2D eigenvalue weighted by Gasteiger charge is 2.09. The van der Waals surface area contributed by atoms with Crippen molar-refractivity contribution in [3.8, 4) is 0 Å². The Bertz CT molecular complexity index is 610. The molecule has 0 amide bonds. The van der Waals surface area contributed by atoms with Gasteiger partial charge in [0.05, 0.1) is 0 Å². The molecule has 0 radical (unpaired) electrons. The summed E-state index contributed by atoms with van der Waals surface area (Å²) < 4.78 is 0. The molecular weight excluding hydrogens is 260 g/mol. The van der Waals surface area contributed by atoms with Crippen LogP contribution < -0.4 is 0 Å². The highest BCUT2D eigenvalue weighted by atomic mass is 16.1. The first kappa shape index (κ1) is 15.2. The van der Waals surface area contributed by atoms with Crippen molar-refractivity contribution in [3.63, 3.8) is 0 Å². The molecule has 108 valence electrons. The number of rotatable bonds is 6. The summed E-state index contributed by atoms with van der Waals surface area (Å²) in [6.07, 6.45) is 1.29. The van der Waals surface area contributed by atoms with E-state index in [1.165, 1.54) is 0 Å². The maximum Gasteiger partial charge on any atom is 0.193 e. The summed E-state index contributed by atoms with van der Waals surface area (Å²) in [4.78, 5) is 23.9. The molecule has 0 saturated carbocycles. The third kappa shape index (κ3) is 4.12. The topological polar surface area (TPSA) is 34.1 Å². The minimum atomic E-state index is 0.0282. The van der Waals surface area contributed by atoms with Crippen molar-refractivity contribution in [2.24, 2.45) is 5.92 Å². The maximum absolute atomic E-state index is 12.3. The predicted molar refractivity (Wildman–Crippen MR) is 84.5 cm³/mol. The van der Waals surface area contributed by atoms with Crippen LogP contribution in [0.15, 0.2) is 54.6 Å². The Balaban J connectivity index is 2.02. The largest absolute Gasteiger partial charge is 0.299 e. The van der Waals surface area contributed by atoms with Gasteiger partial charge in [-0.05, 0) is 12.0 Å². The molecule has 2 nitrogen and oxygen atoms in total. The number of ketones is 2. The lowest BCUT2D eigenvalue weighted by molar-refractivity contribution is -0.121. The molecule has 2 rings (SSSR count). The minimum absolute atomic E-state index is 0.0282. The SMILES string of the molecule is CC(C)C(=O)CCc1ccc(C(=O)c2ccccc2)cc1. The van der Waals surface area contributed by atoms with E-state index < -0.39 is 0 Å². The van der Waals surface area contributed by atoms with Gasteiger partial charge in [-0.1, -0.05) is 68.4 Å². The van der Waals surface area contributed by atoms with Crippen molar-refractivity contribution >= 4 is 11.6 Å². The van der Waals surface area contributed by atoms with E-state index >= 15 is 0 Å². The van der Waals surface area contributed by atoms with Gasteiger partial charge in [-0.25, -0.2) is 0 Å². The minimum Gasteiger partial charge on any atom is -0.299 e. The van der Waals surface area contributed by atoms with E-state index in [2.05, 4.69) is 0 Å². The van der Waals surface area contributed by atoms with Crippen LogP contribution in [0, 0.1) is 5.92 Å². The molecule has 0 aromatic heterocycles. The first-order valence-corrected chi connectivity index (χ1v) is 7.29. The summed E-state index contributed by atoms with van der Waals surface area (Å²) in [6, 6.07) is 16.8. The lowest BCUT2D eigenvalue weighted by atomic mass is 9.98. The molecule has 2 heteroatoms. The third-order valence-corrected chi connectivity index (χ3v) is 3.56. The zero-order chi connectivity index (χ0) is 15.2. The van der Waals surface area contributed by atoms with Crippen LogP contribution in [0.2, 0.25) is 0 Å². The van der Waals surface area contributed by atoms with Crippen LogP contribution in [-0.4, -0.2) is 11.6 Å². The van der Waals surface area contributed by atoms with Crippen LogP contribution in [0.5, 0.6) is 0 Å². The summed E-state index contributed by atoms with van der Waals surface area (Å²) in [5, 5.41) is 0. The third-order valence-electron chi connectivity index (χ3n) is 3.56. The molecule has 0 bridgehead atoms. The van der Waals surface area contributed by atoms with E-state index in [4.69, 9.17) is 0 Å². The molecule has 0 aliphatic rings. The fourth-order valence-corrected chi connectivity index (χ4v) is 2.14. The van der Waals surface area contributed by atoms with Gasteiger partial charge in [0.1, 0.15) is 5.78 Å². The van der Waals surface area contributed by atoms with E-state index in [0.717, 1.165) is 12.0 Å². The molecule has 0 N–H and O–H groups in total. The molecule has 0 aliphatic carbocycles. The summed E-state index contributed by atoms with van der Waals surface area (Å²) in [5.41, 5.74) is 2.47. The van der Waals surface area contributed by atoms with Crippen LogP contribution >= 0.6 is 0 Å². The molecule has 2 aromatic carbocycles. The number of aryl methyl sites for hydroxylation is 1. The number of hydrogen-bond donors (Lipinski definition) is 0. The number of Topliss-reactive ketones (excluding diaryl/α,β-unsaturated/α-hetero) is 1. The molecule has 0 fully saturated rings. The van der Waals surface area contributed by atoms with Crippen molar-refractivity contribution < 1.29 is 9.59 Å². The molecule has 0 atom stereocenters. The molecule has 0 saturated heterocycles. The maximum atomic E-state index is 12.3. The molecule has 0 aliphatic heterocycles. The Morgan fingerprint density at radius 3 is 2.00 bits per heavy atom. The van der Waals surface area contributed by atoms with E-state index in [0.29, 0.717) is 17.5 Å². The fourth-order valence-electron chi connectivity index (χ4n) is 2.14. The van der Waals surface area contributed by atoms with Gasteiger partial charge < -0.3 is 0 Å². The van der Waals surface area contributed by atoms with Crippen molar-refractivity contribution in [2.45, 2.75) is 26.7 Å². The van der Waals surface area contributed by atoms with E-state index in [1.54, 1.807) is 0 Å². The smallest absolute Gasteiger partial charge is 0.193 e. The Labute approximate surface area is 125 Å². The highest BCUT2D eigenvalue weighted by molar-refractivity contribution is 6.08. The molecular formula is C19H20O2. The van der Waals surface area contributed by atoms with Crippen LogP contribution in [0.1, 0.15) is 41.8 Å². The predicted octanol–water partition coefficient (Wildman–Crippen LogP) is 4.08. The lowest BCUT2D eigenvalue weighted by Crippen LogP contribution is -2.08. The number of benzene rings is 2.